The summed E-state index contributed by atoms with van der Waals surface area (Å²) in [5.41, 5.74) is 2.26. The van der Waals surface area contributed by atoms with Crippen molar-refractivity contribution in [2.24, 2.45) is 5.92 Å². The summed E-state index contributed by atoms with van der Waals surface area (Å²) in [6, 6.07) is 9.19. The molecule has 2 aromatic rings. The van der Waals surface area contributed by atoms with E-state index >= 15 is 0 Å². The van der Waals surface area contributed by atoms with Crippen molar-refractivity contribution in [2.75, 3.05) is 26.2 Å². The van der Waals surface area contributed by atoms with Gasteiger partial charge in [-0.1, -0.05) is 12.1 Å². The van der Waals surface area contributed by atoms with E-state index in [-0.39, 0.29) is 30.0 Å². The summed E-state index contributed by atoms with van der Waals surface area (Å²) in [4.78, 5) is 13.4. The van der Waals surface area contributed by atoms with Crippen LogP contribution in [-0.4, -0.2) is 42.2 Å². The lowest BCUT2D eigenvalue weighted by atomic mass is 9.83. The highest BCUT2D eigenvalue weighted by Crippen LogP contribution is 2.37. The van der Waals surface area contributed by atoms with Crippen molar-refractivity contribution in [1.82, 2.24) is 4.90 Å². The number of aryl methyl sites for hydroxylation is 2. The van der Waals surface area contributed by atoms with E-state index in [9.17, 15) is 18.7 Å². The van der Waals surface area contributed by atoms with Crippen molar-refractivity contribution in [1.29, 1.82) is 0 Å². The van der Waals surface area contributed by atoms with Gasteiger partial charge >= 0.3 is 5.97 Å². The van der Waals surface area contributed by atoms with Crippen LogP contribution in [0.1, 0.15) is 42.0 Å². The van der Waals surface area contributed by atoms with E-state index in [0.29, 0.717) is 26.1 Å². The van der Waals surface area contributed by atoms with Gasteiger partial charge in [-0.05, 0) is 86.7 Å². The molecule has 0 aliphatic carbocycles. The van der Waals surface area contributed by atoms with Gasteiger partial charge in [0, 0.05) is 13.1 Å². The molecule has 4 nitrogen and oxygen atoms in total. The topological polar surface area (TPSA) is 49.8 Å². The highest BCUT2D eigenvalue weighted by molar-refractivity contribution is 5.85. The Morgan fingerprint density at radius 3 is 2.16 bits per heavy atom. The van der Waals surface area contributed by atoms with Gasteiger partial charge in [-0.25, -0.2) is 8.78 Å². The van der Waals surface area contributed by atoms with Crippen LogP contribution in [0.2, 0.25) is 0 Å². The molecule has 0 aromatic heterocycles. The second-order valence-corrected chi connectivity index (χ2v) is 8.28. The van der Waals surface area contributed by atoms with Gasteiger partial charge in [0.25, 0.3) is 0 Å². The Kier molecular flexibility index (Phi) is 8.57. The number of aliphatic carboxylic acids is 1. The van der Waals surface area contributed by atoms with Gasteiger partial charge in [0.1, 0.15) is 17.2 Å². The van der Waals surface area contributed by atoms with Gasteiger partial charge in [-0.2, -0.15) is 0 Å². The van der Waals surface area contributed by atoms with Gasteiger partial charge < -0.3 is 14.7 Å². The standard InChI is InChI=1S/C24H29F2NO3.ClH/c1-16-13-19(25)6-8-21(16)24(3,22-9-7-20(26)14-17(22)2)30-12-11-27-10-4-5-18(15-27)23(28)29;/h6-9,13-14,18H,4-5,10-12,15H2,1-3H3,(H,28,29);1H/t18-;/m1./s1. The number of piperidine rings is 1. The van der Waals surface area contributed by atoms with Crippen LogP contribution in [0.4, 0.5) is 8.78 Å². The van der Waals surface area contributed by atoms with Gasteiger partial charge in [0.2, 0.25) is 0 Å². The second-order valence-electron chi connectivity index (χ2n) is 8.28. The van der Waals surface area contributed by atoms with Crippen LogP contribution < -0.4 is 0 Å². The van der Waals surface area contributed by atoms with E-state index in [1.54, 1.807) is 12.1 Å². The number of carbonyl (C=O) groups is 1. The minimum absolute atomic E-state index is 0. The fraction of sp³-hybridized carbons (Fsp3) is 0.458. The Morgan fingerprint density at radius 2 is 1.68 bits per heavy atom. The van der Waals surface area contributed by atoms with Crippen LogP contribution in [0, 0.1) is 31.4 Å². The van der Waals surface area contributed by atoms with Crippen molar-refractivity contribution < 1.29 is 23.4 Å². The molecule has 1 atom stereocenters. The van der Waals surface area contributed by atoms with E-state index in [2.05, 4.69) is 4.90 Å². The Balaban J connectivity index is 0.00000341. The highest BCUT2D eigenvalue weighted by Gasteiger charge is 2.34. The first kappa shape index (κ1) is 25.2. The van der Waals surface area contributed by atoms with Gasteiger partial charge in [-0.15, -0.1) is 12.4 Å². The number of carboxylic acid groups (broad SMARTS) is 1. The molecular weight excluding hydrogens is 424 g/mol. The monoisotopic (exact) mass is 453 g/mol. The van der Waals surface area contributed by atoms with Crippen molar-refractivity contribution >= 4 is 18.4 Å². The predicted molar refractivity (Wildman–Crippen MR) is 119 cm³/mol. The van der Waals surface area contributed by atoms with Crippen LogP contribution in [0.5, 0.6) is 0 Å². The van der Waals surface area contributed by atoms with Crippen LogP contribution in [-0.2, 0) is 15.1 Å². The van der Waals surface area contributed by atoms with Crippen LogP contribution in [0.15, 0.2) is 36.4 Å². The van der Waals surface area contributed by atoms with Crippen molar-refractivity contribution in [3.8, 4) is 0 Å². The Bertz CT molecular complexity index is 870. The molecule has 1 N–H and O–H groups in total. The summed E-state index contributed by atoms with van der Waals surface area (Å²) < 4.78 is 33.9. The van der Waals surface area contributed by atoms with Crippen molar-refractivity contribution in [3.05, 3.63) is 70.3 Å². The minimum Gasteiger partial charge on any atom is -0.481 e. The number of hydrogen-bond acceptors (Lipinski definition) is 3. The average Bonchev–Trinajstić information content (AvgIpc) is 2.68. The number of rotatable bonds is 7. The molecular formula is C24H30ClF2NO3. The molecule has 0 spiro atoms. The molecule has 2 aromatic carbocycles. The van der Waals surface area contributed by atoms with E-state index in [1.165, 1.54) is 24.3 Å². The lowest BCUT2D eigenvalue weighted by molar-refractivity contribution is -0.143. The number of hydrogen-bond donors (Lipinski definition) is 1. The minimum atomic E-state index is -0.891. The number of ether oxygens (including phenoxy) is 1. The lowest BCUT2D eigenvalue weighted by Crippen LogP contribution is -2.41. The molecule has 1 aliphatic rings. The summed E-state index contributed by atoms with van der Waals surface area (Å²) in [5.74, 6) is -1.73. The summed E-state index contributed by atoms with van der Waals surface area (Å²) in [5, 5.41) is 9.29. The van der Waals surface area contributed by atoms with Gasteiger partial charge in [0.05, 0.1) is 12.5 Å². The smallest absolute Gasteiger partial charge is 0.307 e. The second kappa shape index (κ2) is 10.5. The molecule has 0 bridgehead atoms. The normalized spacial score (nSPS) is 17.3. The first-order valence-electron chi connectivity index (χ1n) is 10.3. The third kappa shape index (κ3) is 5.82. The molecule has 0 saturated carbocycles. The molecule has 1 aliphatic heterocycles. The zero-order chi connectivity index (χ0) is 21.9. The first-order chi connectivity index (χ1) is 14.2. The maximum Gasteiger partial charge on any atom is 0.307 e. The average molecular weight is 454 g/mol. The number of likely N-dealkylation sites (tertiary alicyclic amines) is 1. The lowest BCUT2D eigenvalue weighted by Gasteiger charge is -2.36. The fourth-order valence-corrected chi connectivity index (χ4v) is 4.46. The van der Waals surface area contributed by atoms with E-state index in [4.69, 9.17) is 4.74 Å². The van der Waals surface area contributed by atoms with Crippen molar-refractivity contribution in [3.63, 3.8) is 0 Å². The highest BCUT2D eigenvalue weighted by atomic mass is 35.5. The first-order valence-corrected chi connectivity index (χ1v) is 10.3. The SMILES string of the molecule is Cc1cc(F)ccc1C(C)(OCCN1CCC[C@@H](C(=O)O)C1)c1ccc(F)cc1C.Cl. The maximum atomic E-state index is 13.7. The van der Waals surface area contributed by atoms with Gasteiger partial charge in [-0.3, -0.25) is 4.79 Å². The summed E-state index contributed by atoms with van der Waals surface area (Å²) in [7, 11) is 0. The molecule has 1 heterocycles. The number of halogens is 3. The number of nitrogens with zero attached hydrogens (tertiary/aromatic N) is 1. The van der Waals surface area contributed by atoms with E-state index in [0.717, 1.165) is 35.2 Å². The molecule has 0 amide bonds. The molecule has 31 heavy (non-hydrogen) atoms. The zero-order valence-corrected chi connectivity index (χ0v) is 19.0. The Morgan fingerprint density at radius 1 is 1.13 bits per heavy atom. The zero-order valence-electron chi connectivity index (χ0n) is 18.2. The summed E-state index contributed by atoms with van der Waals surface area (Å²) >= 11 is 0. The summed E-state index contributed by atoms with van der Waals surface area (Å²) in [6.45, 7) is 7.91. The molecule has 0 radical (unpaired) electrons. The van der Waals surface area contributed by atoms with E-state index < -0.39 is 11.6 Å². The molecule has 1 fully saturated rings. The fourth-order valence-electron chi connectivity index (χ4n) is 4.46. The van der Waals surface area contributed by atoms with Crippen molar-refractivity contribution in [2.45, 2.75) is 39.2 Å². The van der Waals surface area contributed by atoms with E-state index in [1.807, 2.05) is 20.8 Å². The van der Waals surface area contributed by atoms with Crippen LogP contribution in [0.3, 0.4) is 0 Å². The molecule has 170 valence electrons. The molecule has 1 saturated heterocycles. The Hall–Kier alpha value is -2.02. The number of benzene rings is 2. The predicted octanol–water partition coefficient (Wildman–Crippen LogP) is 5.08. The van der Waals surface area contributed by atoms with Crippen LogP contribution >= 0.6 is 12.4 Å². The molecule has 3 rings (SSSR count). The maximum absolute atomic E-state index is 13.7. The largest absolute Gasteiger partial charge is 0.481 e. The summed E-state index contributed by atoms with van der Waals surface area (Å²) in [6.07, 6.45) is 1.55. The third-order valence-electron chi connectivity index (χ3n) is 6.06. The Labute approximate surface area is 188 Å². The van der Waals surface area contributed by atoms with Crippen LogP contribution in [0.25, 0.3) is 0 Å². The molecule has 0 unspecified atom stereocenters. The van der Waals surface area contributed by atoms with Gasteiger partial charge in [0.15, 0.2) is 0 Å². The molecule has 7 heteroatoms. The number of carboxylic acids is 1. The quantitative estimate of drug-likeness (QED) is 0.635. The third-order valence-corrected chi connectivity index (χ3v) is 6.06.